The number of nitrogens with zero attached hydrogens (tertiary/aromatic N) is 3. The fraction of sp³-hybridized carbons (Fsp3) is 0.545. The summed E-state index contributed by atoms with van der Waals surface area (Å²) < 4.78 is 6.82. The minimum atomic E-state index is -0.190. The molecule has 5 heteroatoms. The van der Waals surface area contributed by atoms with Gasteiger partial charge < -0.3 is 9.30 Å². The number of ether oxygens (including phenoxy) is 1. The molecule has 0 aliphatic heterocycles. The summed E-state index contributed by atoms with van der Waals surface area (Å²) in [7, 11) is 1.88. The summed E-state index contributed by atoms with van der Waals surface area (Å²) in [6.45, 7) is 5.80. The monoisotopic (exact) mass is 223 g/mol. The van der Waals surface area contributed by atoms with Gasteiger partial charge in [-0.25, -0.2) is 0 Å². The average molecular weight is 223 g/mol. The zero-order valence-electron chi connectivity index (χ0n) is 9.77. The van der Waals surface area contributed by atoms with Crippen LogP contribution in [0.4, 0.5) is 0 Å². The number of esters is 1. The summed E-state index contributed by atoms with van der Waals surface area (Å²) in [4.78, 5) is 11.3. The van der Waals surface area contributed by atoms with Gasteiger partial charge in [-0.15, -0.1) is 10.2 Å². The number of aromatic nitrogens is 3. The Labute approximate surface area is 95.1 Å². The molecule has 1 heterocycles. The van der Waals surface area contributed by atoms with Crippen LogP contribution in [-0.2, 0) is 23.0 Å². The van der Waals surface area contributed by atoms with E-state index in [1.807, 2.05) is 18.5 Å². The van der Waals surface area contributed by atoms with E-state index in [9.17, 15) is 4.79 Å². The Morgan fingerprint density at radius 3 is 2.94 bits per heavy atom. The fourth-order valence-corrected chi connectivity index (χ4v) is 1.20. The first-order valence-electron chi connectivity index (χ1n) is 5.22. The second-order valence-corrected chi connectivity index (χ2v) is 3.83. The maximum atomic E-state index is 11.3. The normalized spacial score (nSPS) is 10.1. The summed E-state index contributed by atoms with van der Waals surface area (Å²) in [6.07, 6.45) is 3.51. The van der Waals surface area contributed by atoms with E-state index in [1.54, 1.807) is 6.33 Å². The van der Waals surface area contributed by atoms with E-state index in [0.717, 1.165) is 24.2 Å². The topological polar surface area (TPSA) is 57.0 Å². The molecule has 88 valence electrons. The third kappa shape index (κ3) is 4.25. The molecule has 0 unspecified atom stereocenters. The molecule has 0 saturated heterocycles. The summed E-state index contributed by atoms with van der Waals surface area (Å²) in [5, 5.41) is 7.70. The summed E-state index contributed by atoms with van der Waals surface area (Å²) in [5.41, 5.74) is 0.849. The van der Waals surface area contributed by atoms with Crippen molar-refractivity contribution in [2.75, 3.05) is 6.61 Å². The van der Waals surface area contributed by atoms with Gasteiger partial charge in [0.05, 0.1) is 0 Å². The first-order chi connectivity index (χ1) is 7.59. The Balaban J connectivity index is 2.18. The summed E-state index contributed by atoms with van der Waals surface area (Å²) in [5.74, 6) is 0.692. The van der Waals surface area contributed by atoms with E-state index in [2.05, 4.69) is 16.8 Å². The predicted molar refractivity (Wildman–Crippen MR) is 59.7 cm³/mol. The van der Waals surface area contributed by atoms with Crippen molar-refractivity contribution in [3.8, 4) is 0 Å². The highest BCUT2D eigenvalue weighted by atomic mass is 16.5. The quantitative estimate of drug-likeness (QED) is 0.538. The lowest BCUT2D eigenvalue weighted by Crippen LogP contribution is -2.07. The smallest absolute Gasteiger partial charge is 0.306 e. The largest absolute Gasteiger partial charge is 0.461 e. The van der Waals surface area contributed by atoms with Gasteiger partial charge >= 0.3 is 5.97 Å². The number of rotatable bonds is 6. The lowest BCUT2D eigenvalue weighted by molar-refractivity contribution is -0.142. The highest BCUT2D eigenvalue weighted by Gasteiger charge is 2.05. The Morgan fingerprint density at radius 2 is 2.38 bits per heavy atom. The van der Waals surface area contributed by atoms with Crippen LogP contribution in [0.3, 0.4) is 0 Å². The molecule has 0 aromatic carbocycles. The van der Waals surface area contributed by atoms with Crippen molar-refractivity contribution in [1.82, 2.24) is 14.8 Å². The molecule has 16 heavy (non-hydrogen) atoms. The molecule has 1 aromatic heterocycles. The van der Waals surface area contributed by atoms with Crippen molar-refractivity contribution in [1.29, 1.82) is 0 Å². The van der Waals surface area contributed by atoms with Gasteiger partial charge in [0.2, 0.25) is 0 Å². The van der Waals surface area contributed by atoms with E-state index in [1.165, 1.54) is 0 Å². The van der Waals surface area contributed by atoms with Crippen molar-refractivity contribution < 1.29 is 9.53 Å². The minimum Gasteiger partial charge on any atom is -0.461 e. The number of hydrogen-bond acceptors (Lipinski definition) is 4. The Morgan fingerprint density at radius 1 is 1.62 bits per heavy atom. The molecule has 0 aliphatic carbocycles. The lowest BCUT2D eigenvalue weighted by atomic mass is 10.2. The zero-order valence-corrected chi connectivity index (χ0v) is 9.77. The van der Waals surface area contributed by atoms with E-state index < -0.39 is 0 Å². The number of carbonyl (C=O) groups is 1. The molecule has 1 rings (SSSR count). The van der Waals surface area contributed by atoms with E-state index in [4.69, 9.17) is 4.74 Å². The predicted octanol–water partition coefficient (Wildman–Crippen LogP) is 1.26. The molecule has 0 fully saturated rings. The molecule has 0 radical (unpaired) electrons. The molecule has 5 nitrogen and oxygen atoms in total. The van der Waals surface area contributed by atoms with Gasteiger partial charge in [-0.2, -0.15) is 0 Å². The van der Waals surface area contributed by atoms with Gasteiger partial charge in [0.1, 0.15) is 18.8 Å². The summed E-state index contributed by atoms with van der Waals surface area (Å²) >= 11 is 0. The van der Waals surface area contributed by atoms with Crippen LogP contribution >= 0.6 is 0 Å². The SMILES string of the molecule is C=C(C)COC(=O)CCCc1nncn1C. The van der Waals surface area contributed by atoms with E-state index in [-0.39, 0.29) is 5.97 Å². The Kier molecular flexibility index (Phi) is 4.69. The number of aryl methyl sites for hydroxylation is 2. The van der Waals surface area contributed by atoms with Crippen LogP contribution in [0.1, 0.15) is 25.6 Å². The molecular weight excluding hydrogens is 206 g/mol. The van der Waals surface area contributed by atoms with Gasteiger partial charge in [-0.3, -0.25) is 4.79 Å². The number of carbonyl (C=O) groups excluding carboxylic acids is 1. The van der Waals surface area contributed by atoms with Crippen molar-refractivity contribution in [3.63, 3.8) is 0 Å². The maximum Gasteiger partial charge on any atom is 0.306 e. The molecule has 0 amide bonds. The van der Waals surface area contributed by atoms with Gasteiger partial charge in [0.15, 0.2) is 0 Å². The van der Waals surface area contributed by atoms with Crippen molar-refractivity contribution in [3.05, 3.63) is 24.3 Å². The van der Waals surface area contributed by atoms with Gasteiger partial charge in [0.25, 0.3) is 0 Å². The molecule has 0 atom stereocenters. The first-order valence-corrected chi connectivity index (χ1v) is 5.22. The van der Waals surface area contributed by atoms with Crippen LogP contribution < -0.4 is 0 Å². The maximum absolute atomic E-state index is 11.3. The van der Waals surface area contributed by atoms with Crippen LogP contribution in [0.2, 0.25) is 0 Å². The van der Waals surface area contributed by atoms with Gasteiger partial charge in [-0.1, -0.05) is 6.58 Å². The molecule has 0 spiro atoms. The van der Waals surface area contributed by atoms with Crippen LogP contribution in [0, 0.1) is 0 Å². The minimum absolute atomic E-state index is 0.190. The third-order valence-electron chi connectivity index (χ3n) is 2.07. The standard InChI is InChI=1S/C11H17N3O2/c1-9(2)7-16-11(15)6-4-5-10-13-12-8-14(10)3/h8H,1,4-7H2,2-3H3. The molecular formula is C11H17N3O2. The van der Waals surface area contributed by atoms with E-state index in [0.29, 0.717) is 13.0 Å². The molecule has 1 aromatic rings. The van der Waals surface area contributed by atoms with Gasteiger partial charge in [-0.05, 0) is 18.9 Å². The molecule has 0 N–H and O–H groups in total. The van der Waals surface area contributed by atoms with Crippen molar-refractivity contribution in [2.24, 2.45) is 7.05 Å². The second kappa shape index (κ2) is 6.05. The van der Waals surface area contributed by atoms with E-state index >= 15 is 0 Å². The fourth-order valence-electron chi connectivity index (χ4n) is 1.20. The van der Waals surface area contributed by atoms with Crippen LogP contribution in [0.25, 0.3) is 0 Å². The highest BCUT2D eigenvalue weighted by molar-refractivity contribution is 5.69. The highest BCUT2D eigenvalue weighted by Crippen LogP contribution is 2.02. The molecule has 0 aliphatic rings. The third-order valence-corrected chi connectivity index (χ3v) is 2.07. The average Bonchev–Trinajstić information content (AvgIpc) is 2.61. The molecule has 0 saturated carbocycles. The lowest BCUT2D eigenvalue weighted by Gasteiger charge is -2.03. The van der Waals surface area contributed by atoms with Gasteiger partial charge in [0, 0.05) is 19.9 Å². The first kappa shape index (κ1) is 12.4. The van der Waals surface area contributed by atoms with Crippen LogP contribution in [0.5, 0.6) is 0 Å². The van der Waals surface area contributed by atoms with Crippen molar-refractivity contribution >= 4 is 5.97 Å². The van der Waals surface area contributed by atoms with Crippen LogP contribution in [-0.4, -0.2) is 27.3 Å². The Hall–Kier alpha value is -1.65. The van der Waals surface area contributed by atoms with Crippen molar-refractivity contribution in [2.45, 2.75) is 26.2 Å². The van der Waals surface area contributed by atoms with Crippen LogP contribution in [0.15, 0.2) is 18.5 Å². The zero-order chi connectivity index (χ0) is 12.0. The summed E-state index contributed by atoms with van der Waals surface area (Å²) in [6, 6.07) is 0. The Bertz CT molecular complexity index is 371. The molecule has 0 bridgehead atoms. The second-order valence-electron chi connectivity index (χ2n) is 3.83. The number of hydrogen-bond donors (Lipinski definition) is 0.